The summed E-state index contributed by atoms with van der Waals surface area (Å²) in [7, 11) is 1.30. The molecule has 1 atom stereocenters. The first kappa shape index (κ1) is 5.24. The Labute approximate surface area is 45.4 Å². The molecule has 1 fully saturated rings. The van der Waals surface area contributed by atoms with Crippen LogP contribution in [-0.4, -0.2) is 25.2 Å². The van der Waals surface area contributed by atoms with Crippen LogP contribution >= 0.6 is 0 Å². The van der Waals surface area contributed by atoms with Gasteiger partial charge in [0.05, 0.1) is 0 Å². The normalized spacial score (nSPS) is 26.9. The zero-order valence-corrected chi connectivity index (χ0v) is 4.21. The topological polar surface area (TPSA) is 52.6 Å². The van der Waals surface area contributed by atoms with E-state index in [9.17, 15) is 9.59 Å². The number of hydrogen-bond acceptors (Lipinski definition) is 4. The van der Waals surface area contributed by atoms with Crippen molar-refractivity contribution < 1.29 is 19.1 Å². The maximum absolute atomic E-state index is 10.2. The maximum Gasteiger partial charge on any atom is 0.384 e. The fourth-order valence-corrected chi connectivity index (χ4v) is 0.402. The quantitative estimate of drug-likeness (QED) is 0.328. The minimum Gasteiger partial charge on any atom is -0.421 e. The third kappa shape index (κ3) is 0.500. The van der Waals surface area contributed by atoms with Crippen molar-refractivity contribution in [3.63, 3.8) is 0 Å². The van der Waals surface area contributed by atoms with E-state index in [4.69, 9.17) is 0 Å². The molecule has 0 aromatic rings. The molecule has 0 aliphatic carbocycles. The SMILES string of the molecule is COC1OC(=O)C1=O. The van der Waals surface area contributed by atoms with Crippen molar-refractivity contribution in [3.8, 4) is 0 Å². The number of ketones is 1. The largest absolute Gasteiger partial charge is 0.421 e. The third-order valence-electron chi connectivity index (χ3n) is 0.843. The molecule has 44 valence electrons. The van der Waals surface area contributed by atoms with Crippen molar-refractivity contribution in [2.45, 2.75) is 6.29 Å². The number of cyclic esters (lactones) is 1. The average molecular weight is 116 g/mol. The number of carbonyl (C=O) groups excluding carboxylic acids is 2. The molecule has 1 heterocycles. The summed E-state index contributed by atoms with van der Waals surface area (Å²) in [6.07, 6.45) is -0.928. The number of hydrogen-bond donors (Lipinski definition) is 0. The fraction of sp³-hybridized carbons (Fsp3) is 0.500. The summed E-state index contributed by atoms with van der Waals surface area (Å²) in [6.45, 7) is 0. The molecule has 0 saturated carbocycles. The fourth-order valence-electron chi connectivity index (χ4n) is 0.402. The number of carbonyl (C=O) groups is 2. The molecular weight excluding hydrogens is 112 g/mol. The Kier molecular flexibility index (Phi) is 1.02. The summed E-state index contributed by atoms with van der Waals surface area (Å²) >= 11 is 0. The highest BCUT2D eigenvalue weighted by Crippen LogP contribution is 2.07. The van der Waals surface area contributed by atoms with E-state index < -0.39 is 18.0 Å². The van der Waals surface area contributed by atoms with Gasteiger partial charge in [0.25, 0.3) is 6.29 Å². The Bertz CT molecular complexity index is 139. The second-order valence-corrected chi connectivity index (χ2v) is 1.34. The molecule has 8 heavy (non-hydrogen) atoms. The highest BCUT2D eigenvalue weighted by molar-refractivity contribution is 6.40. The Balaban J connectivity index is 2.48. The van der Waals surface area contributed by atoms with Crippen molar-refractivity contribution in [2.24, 2.45) is 0 Å². The molecule has 0 aromatic carbocycles. The van der Waals surface area contributed by atoms with Gasteiger partial charge in [-0.1, -0.05) is 0 Å². The molecule has 1 aliphatic rings. The molecule has 0 radical (unpaired) electrons. The van der Waals surface area contributed by atoms with Crippen molar-refractivity contribution >= 4 is 11.8 Å². The zero-order valence-electron chi connectivity index (χ0n) is 4.21. The number of rotatable bonds is 1. The molecule has 1 saturated heterocycles. The smallest absolute Gasteiger partial charge is 0.384 e. The molecule has 0 bridgehead atoms. The standard InChI is InChI=1S/C4H4O4/c1-7-4-2(5)3(6)8-4/h4H,1H3. The van der Waals surface area contributed by atoms with E-state index in [0.717, 1.165) is 0 Å². The van der Waals surface area contributed by atoms with E-state index >= 15 is 0 Å². The molecule has 1 aliphatic heterocycles. The van der Waals surface area contributed by atoms with Gasteiger partial charge in [0, 0.05) is 7.11 Å². The second-order valence-electron chi connectivity index (χ2n) is 1.34. The molecule has 0 N–H and O–H groups in total. The van der Waals surface area contributed by atoms with Gasteiger partial charge in [0.15, 0.2) is 0 Å². The summed E-state index contributed by atoms with van der Waals surface area (Å²) in [5.41, 5.74) is 0. The Morgan fingerprint density at radius 3 is 2.38 bits per heavy atom. The van der Waals surface area contributed by atoms with Crippen LogP contribution in [0.3, 0.4) is 0 Å². The Hall–Kier alpha value is -0.900. The van der Waals surface area contributed by atoms with Crippen LogP contribution < -0.4 is 0 Å². The summed E-state index contributed by atoms with van der Waals surface area (Å²) in [4.78, 5) is 20.1. The Morgan fingerprint density at radius 2 is 2.25 bits per heavy atom. The minimum atomic E-state index is -0.928. The van der Waals surface area contributed by atoms with E-state index in [-0.39, 0.29) is 0 Å². The Morgan fingerprint density at radius 1 is 1.62 bits per heavy atom. The summed E-state index contributed by atoms with van der Waals surface area (Å²) in [6, 6.07) is 0. The van der Waals surface area contributed by atoms with E-state index in [1.165, 1.54) is 7.11 Å². The minimum absolute atomic E-state index is 0.604. The van der Waals surface area contributed by atoms with Gasteiger partial charge in [-0.05, 0) is 0 Å². The van der Waals surface area contributed by atoms with Gasteiger partial charge >= 0.3 is 11.8 Å². The van der Waals surface area contributed by atoms with Gasteiger partial charge in [-0.15, -0.1) is 0 Å². The van der Waals surface area contributed by atoms with Crippen molar-refractivity contribution in [2.75, 3.05) is 7.11 Å². The van der Waals surface area contributed by atoms with Gasteiger partial charge in [0.2, 0.25) is 0 Å². The lowest BCUT2D eigenvalue weighted by molar-refractivity contribution is -0.208. The van der Waals surface area contributed by atoms with E-state index in [1.807, 2.05) is 0 Å². The second kappa shape index (κ2) is 1.56. The maximum atomic E-state index is 10.2. The lowest BCUT2D eigenvalue weighted by atomic mass is 10.3. The van der Waals surface area contributed by atoms with Crippen LogP contribution in [0.4, 0.5) is 0 Å². The predicted octanol–water partition coefficient (Wildman–Crippen LogP) is -0.915. The summed E-state index contributed by atoms with van der Waals surface area (Å²) in [5.74, 6) is -1.41. The lowest BCUT2D eigenvalue weighted by Gasteiger charge is -2.20. The molecule has 1 unspecified atom stereocenters. The van der Waals surface area contributed by atoms with Gasteiger partial charge < -0.3 is 9.47 Å². The van der Waals surface area contributed by atoms with Gasteiger partial charge in [-0.2, -0.15) is 0 Å². The van der Waals surface area contributed by atoms with Gasteiger partial charge in [0.1, 0.15) is 0 Å². The van der Waals surface area contributed by atoms with E-state index in [0.29, 0.717) is 0 Å². The van der Waals surface area contributed by atoms with Crippen LogP contribution in [0, 0.1) is 0 Å². The van der Waals surface area contributed by atoms with Crippen molar-refractivity contribution in [1.29, 1.82) is 0 Å². The number of ether oxygens (including phenoxy) is 2. The van der Waals surface area contributed by atoms with E-state index in [1.54, 1.807) is 0 Å². The summed E-state index contributed by atoms with van der Waals surface area (Å²) in [5, 5.41) is 0. The lowest BCUT2D eigenvalue weighted by Crippen LogP contribution is -2.46. The van der Waals surface area contributed by atoms with Crippen LogP contribution in [0.1, 0.15) is 0 Å². The monoisotopic (exact) mass is 116 g/mol. The number of methoxy groups -OCH3 is 1. The van der Waals surface area contributed by atoms with Gasteiger partial charge in [-0.25, -0.2) is 4.79 Å². The van der Waals surface area contributed by atoms with Crippen LogP contribution in [0.2, 0.25) is 0 Å². The molecule has 4 nitrogen and oxygen atoms in total. The molecule has 0 aromatic heterocycles. The molecule has 4 heteroatoms. The first-order chi connectivity index (χ1) is 3.75. The molecule has 1 rings (SSSR count). The zero-order chi connectivity index (χ0) is 6.15. The number of Topliss-reactive ketones (excluding diaryl/α,β-unsaturated/α-hetero) is 1. The predicted molar refractivity (Wildman–Crippen MR) is 21.9 cm³/mol. The van der Waals surface area contributed by atoms with Crippen molar-refractivity contribution in [1.82, 2.24) is 0 Å². The van der Waals surface area contributed by atoms with Crippen LogP contribution in [0.25, 0.3) is 0 Å². The van der Waals surface area contributed by atoms with Gasteiger partial charge in [-0.3, -0.25) is 4.79 Å². The summed E-state index contributed by atoms with van der Waals surface area (Å²) < 4.78 is 8.57. The first-order valence-corrected chi connectivity index (χ1v) is 2.03. The average Bonchev–Trinajstić information content (AvgIpc) is 1.81. The van der Waals surface area contributed by atoms with Crippen molar-refractivity contribution in [3.05, 3.63) is 0 Å². The molecule has 0 amide bonds. The van der Waals surface area contributed by atoms with Crippen LogP contribution in [0.5, 0.6) is 0 Å². The van der Waals surface area contributed by atoms with Crippen LogP contribution in [-0.2, 0) is 19.1 Å². The molecule has 0 spiro atoms. The highest BCUT2D eigenvalue weighted by atomic mass is 16.7. The highest BCUT2D eigenvalue weighted by Gasteiger charge is 2.40. The van der Waals surface area contributed by atoms with Crippen LogP contribution in [0.15, 0.2) is 0 Å². The van der Waals surface area contributed by atoms with E-state index in [2.05, 4.69) is 9.47 Å². The first-order valence-electron chi connectivity index (χ1n) is 2.03. The third-order valence-corrected chi connectivity index (χ3v) is 0.843. The molecular formula is C4H4O4. The number of esters is 1.